The van der Waals surface area contributed by atoms with Gasteiger partial charge in [0.1, 0.15) is 17.2 Å². The maximum absolute atomic E-state index is 6.05. The van der Waals surface area contributed by atoms with Crippen LogP contribution in [-0.4, -0.2) is 33.3 Å². The molecule has 0 spiro atoms. The topological polar surface area (TPSA) is 100 Å². The molecule has 3 aromatic rings. The van der Waals surface area contributed by atoms with Crippen LogP contribution in [0.3, 0.4) is 0 Å². The van der Waals surface area contributed by atoms with Gasteiger partial charge < -0.3 is 19.8 Å². The fraction of sp³-hybridized carbons (Fsp3) is 0.381. The predicted molar refractivity (Wildman–Crippen MR) is 128 cm³/mol. The number of H-pyrrole nitrogens is 1. The molecule has 0 aliphatic heterocycles. The minimum absolute atomic E-state index is 0. The van der Waals surface area contributed by atoms with E-state index < -0.39 is 0 Å². The molecule has 9 heteroatoms. The van der Waals surface area contributed by atoms with Crippen molar-refractivity contribution in [3.8, 4) is 17.3 Å². The molecule has 162 valence electrons. The van der Waals surface area contributed by atoms with E-state index in [0.29, 0.717) is 36.5 Å². The maximum atomic E-state index is 6.05. The Kier molecular flexibility index (Phi) is 8.70. The van der Waals surface area contributed by atoms with E-state index in [9.17, 15) is 0 Å². The van der Waals surface area contributed by atoms with Gasteiger partial charge in [0.15, 0.2) is 11.7 Å². The summed E-state index contributed by atoms with van der Waals surface area (Å²) < 4.78 is 11.4. The summed E-state index contributed by atoms with van der Waals surface area (Å²) in [5.74, 6) is 3.39. The van der Waals surface area contributed by atoms with Crippen LogP contribution in [0.2, 0.25) is 0 Å². The summed E-state index contributed by atoms with van der Waals surface area (Å²) in [6.07, 6.45) is 1.60. The van der Waals surface area contributed by atoms with Crippen LogP contribution in [0, 0.1) is 0 Å². The van der Waals surface area contributed by atoms with Crippen LogP contribution in [-0.2, 0) is 13.1 Å². The first-order chi connectivity index (χ1) is 13.9. The number of guanidine groups is 1. The third kappa shape index (κ3) is 7.05. The normalized spacial score (nSPS) is 11.7. The highest BCUT2D eigenvalue weighted by Gasteiger charge is 2.14. The summed E-state index contributed by atoms with van der Waals surface area (Å²) in [6, 6.07) is 11.6. The molecule has 30 heavy (non-hydrogen) atoms. The molecule has 0 aliphatic carbocycles. The average molecular weight is 524 g/mol. The van der Waals surface area contributed by atoms with Crippen molar-refractivity contribution < 1.29 is 9.15 Å². The molecule has 0 aliphatic rings. The van der Waals surface area contributed by atoms with Crippen molar-refractivity contribution in [2.75, 3.05) is 6.54 Å². The number of para-hydroxylation sites is 1. The molecular weight excluding hydrogens is 495 g/mol. The number of rotatable bonds is 7. The second kappa shape index (κ2) is 11.0. The lowest BCUT2D eigenvalue weighted by molar-refractivity contribution is 0.129. The zero-order valence-electron chi connectivity index (χ0n) is 17.7. The Bertz CT molecular complexity index is 931. The molecule has 3 N–H and O–H groups in total. The van der Waals surface area contributed by atoms with Crippen molar-refractivity contribution in [3.05, 3.63) is 54.0 Å². The van der Waals surface area contributed by atoms with E-state index in [-0.39, 0.29) is 29.6 Å². The molecule has 2 aromatic heterocycles. The average Bonchev–Trinajstić information content (AvgIpc) is 3.35. The standard InChI is InChI=1S/C21H28N6O2.HI/c1-5-22-20(23-13-15-9-6-7-10-16(15)29-21(2,3)4)24-14-18-25-19(27-26-18)17-11-8-12-28-17;/h6-12H,5,13-14H2,1-4H3,(H2,22,23,24)(H,25,26,27);1H. The molecule has 0 saturated heterocycles. The van der Waals surface area contributed by atoms with Crippen molar-refractivity contribution in [1.82, 2.24) is 25.8 Å². The molecule has 0 fully saturated rings. The number of aromatic amines is 1. The van der Waals surface area contributed by atoms with Gasteiger partial charge >= 0.3 is 0 Å². The number of ether oxygens (including phenoxy) is 1. The van der Waals surface area contributed by atoms with Gasteiger partial charge in [-0.2, -0.15) is 0 Å². The molecule has 3 rings (SSSR count). The highest BCUT2D eigenvalue weighted by molar-refractivity contribution is 14.0. The summed E-state index contributed by atoms with van der Waals surface area (Å²) >= 11 is 0. The Hall–Kier alpha value is -2.56. The monoisotopic (exact) mass is 524 g/mol. The minimum Gasteiger partial charge on any atom is -0.488 e. The van der Waals surface area contributed by atoms with E-state index in [2.05, 4.69) is 30.8 Å². The number of nitrogens with one attached hydrogen (secondary N) is 3. The first kappa shape index (κ1) is 23.7. The third-order valence-corrected chi connectivity index (χ3v) is 3.84. The number of nitrogens with zero attached hydrogens (tertiary/aromatic N) is 3. The van der Waals surface area contributed by atoms with Gasteiger partial charge in [0.2, 0.25) is 5.82 Å². The smallest absolute Gasteiger partial charge is 0.216 e. The molecule has 2 heterocycles. The number of furan rings is 1. The summed E-state index contributed by atoms with van der Waals surface area (Å²) in [5.41, 5.74) is 0.764. The Labute approximate surface area is 193 Å². The van der Waals surface area contributed by atoms with Crippen LogP contribution in [0.25, 0.3) is 11.6 Å². The zero-order valence-corrected chi connectivity index (χ0v) is 20.1. The van der Waals surface area contributed by atoms with Gasteiger partial charge in [0.05, 0.1) is 19.4 Å². The van der Waals surface area contributed by atoms with Crippen LogP contribution in [0.4, 0.5) is 0 Å². The first-order valence-corrected chi connectivity index (χ1v) is 9.69. The lowest BCUT2D eigenvalue weighted by Gasteiger charge is -2.23. The van der Waals surface area contributed by atoms with E-state index in [0.717, 1.165) is 17.9 Å². The maximum Gasteiger partial charge on any atom is 0.216 e. The van der Waals surface area contributed by atoms with E-state index in [1.165, 1.54) is 0 Å². The van der Waals surface area contributed by atoms with Crippen molar-refractivity contribution in [3.63, 3.8) is 0 Å². The van der Waals surface area contributed by atoms with Gasteiger partial charge in [-0.25, -0.2) is 9.98 Å². The molecule has 0 saturated carbocycles. The van der Waals surface area contributed by atoms with Crippen LogP contribution in [0.15, 0.2) is 52.1 Å². The quantitative estimate of drug-likeness (QED) is 0.244. The van der Waals surface area contributed by atoms with Gasteiger partial charge in [-0.05, 0) is 45.9 Å². The van der Waals surface area contributed by atoms with Gasteiger partial charge in [-0.3, -0.25) is 5.10 Å². The molecule has 0 unspecified atom stereocenters. The number of aliphatic imine (C=N–C) groups is 1. The molecule has 0 bridgehead atoms. The Morgan fingerprint density at radius 2 is 1.97 bits per heavy atom. The molecule has 1 aromatic carbocycles. The van der Waals surface area contributed by atoms with Gasteiger partial charge in [-0.15, -0.1) is 29.1 Å². The van der Waals surface area contributed by atoms with Crippen molar-refractivity contribution in [2.45, 2.75) is 46.4 Å². The summed E-state index contributed by atoms with van der Waals surface area (Å²) in [6.45, 7) is 9.83. The highest BCUT2D eigenvalue weighted by atomic mass is 127. The number of benzene rings is 1. The number of halogens is 1. The lowest BCUT2D eigenvalue weighted by Crippen LogP contribution is -2.37. The van der Waals surface area contributed by atoms with E-state index in [1.807, 2.05) is 58.0 Å². The SMILES string of the molecule is CCNC(=NCc1ccccc1OC(C)(C)C)NCc1nc(-c2ccco2)n[nH]1.I. The Morgan fingerprint density at radius 1 is 1.17 bits per heavy atom. The van der Waals surface area contributed by atoms with Crippen LogP contribution >= 0.6 is 24.0 Å². The fourth-order valence-electron chi connectivity index (χ4n) is 2.63. The van der Waals surface area contributed by atoms with Gasteiger partial charge in [-0.1, -0.05) is 18.2 Å². The predicted octanol–water partition coefficient (Wildman–Crippen LogP) is 4.12. The number of aromatic nitrogens is 3. The molecule has 0 amide bonds. The number of hydrogen-bond acceptors (Lipinski definition) is 5. The summed E-state index contributed by atoms with van der Waals surface area (Å²) in [4.78, 5) is 9.11. The van der Waals surface area contributed by atoms with Crippen molar-refractivity contribution >= 4 is 29.9 Å². The second-order valence-electron chi connectivity index (χ2n) is 7.45. The molecule has 8 nitrogen and oxygen atoms in total. The van der Waals surface area contributed by atoms with Gasteiger partial charge in [0, 0.05) is 12.1 Å². The van der Waals surface area contributed by atoms with E-state index >= 15 is 0 Å². The van der Waals surface area contributed by atoms with Crippen LogP contribution in [0.1, 0.15) is 39.1 Å². The largest absolute Gasteiger partial charge is 0.488 e. The van der Waals surface area contributed by atoms with Crippen LogP contribution < -0.4 is 15.4 Å². The number of hydrogen-bond donors (Lipinski definition) is 3. The highest BCUT2D eigenvalue weighted by Crippen LogP contribution is 2.23. The fourth-order valence-corrected chi connectivity index (χ4v) is 2.63. The zero-order chi connectivity index (χ0) is 20.7. The van der Waals surface area contributed by atoms with Crippen molar-refractivity contribution in [1.29, 1.82) is 0 Å². The van der Waals surface area contributed by atoms with Crippen LogP contribution in [0.5, 0.6) is 5.75 Å². The summed E-state index contributed by atoms with van der Waals surface area (Å²) in [5, 5.41) is 13.6. The Morgan fingerprint density at radius 3 is 2.67 bits per heavy atom. The van der Waals surface area contributed by atoms with E-state index in [4.69, 9.17) is 9.15 Å². The summed E-state index contributed by atoms with van der Waals surface area (Å²) in [7, 11) is 0. The molecule has 0 radical (unpaired) electrons. The van der Waals surface area contributed by atoms with Gasteiger partial charge in [0.25, 0.3) is 0 Å². The minimum atomic E-state index is -0.263. The van der Waals surface area contributed by atoms with E-state index in [1.54, 1.807) is 12.3 Å². The third-order valence-electron chi connectivity index (χ3n) is 3.84. The molecular formula is C21H29IN6O2. The molecule has 0 atom stereocenters. The lowest BCUT2D eigenvalue weighted by atomic mass is 10.1. The second-order valence-corrected chi connectivity index (χ2v) is 7.45. The first-order valence-electron chi connectivity index (χ1n) is 9.69. The van der Waals surface area contributed by atoms with Crippen molar-refractivity contribution in [2.24, 2.45) is 4.99 Å². The Balaban J connectivity index is 0.00000320.